The predicted molar refractivity (Wildman–Crippen MR) is 78.9 cm³/mol. The normalized spacial score (nSPS) is 14.2. The summed E-state index contributed by atoms with van der Waals surface area (Å²) in [6.45, 7) is 5.25. The summed E-state index contributed by atoms with van der Waals surface area (Å²) in [5, 5.41) is 1.30. The summed E-state index contributed by atoms with van der Waals surface area (Å²) in [5.41, 5.74) is 5.17. The summed E-state index contributed by atoms with van der Waals surface area (Å²) < 4.78 is 5.70. The summed E-state index contributed by atoms with van der Waals surface area (Å²) >= 11 is 0. The molecule has 0 saturated carbocycles. The molecule has 19 heavy (non-hydrogen) atoms. The summed E-state index contributed by atoms with van der Waals surface area (Å²) in [5.74, 6) is 0.859. The smallest absolute Gasteiger partial charge is 0.217 e. The maximum Gasteiger partial charge on any atom is 0.217 e. The zero-order valence-electron chi connectivity index (χ0n) is 11.8. The molecule has 0 spiro atoms. The van der Waals surface area contributed by atoms with Crippen molar-refractivity contribution in [1.29, 1.82) is 0 Å². The average Bonchev–Trinajstić information content (AvgIpc) is 2.46. The number of fused-ring (bicyclic) bond motifs is 2. The number of nitrogens with zero attached hydrogens (tertiary/aromatic N) is 1. The topological polar surface area (TPSA) is 22.1 Å². The summed E-state index contributed by atoms with van der Waals surface area (Å²) in [7, 11) is 0. The van der Waals surface area contributed by atoms with E-state index in [2.05, 4.69) is 37.0 Å². The lowest BCUT2D eigenvalue weighted by atomic mass is 9.97. The highest BCUT2D eigenvalue weighted by Gasteiger charge is 2.16. The van der Waals surface area contributed by atoms with Gasteiger partial charge >= 0.3 is 0 Å². The minimum absolute atomic E-state index is 0.805. The van der Waals surface area contributed by atoms with Crippen molar-refractivity contribution in [2.75, 3.05) is 6.61 Å². The fourth-order valence-electron chi connectivity index (χ4n) is 2.85. The molecule has 2 heterocycles. The highest BCUT2D eigenvalue weighted by Crippen LogP contribution is 2.31. The van der Waals surface area contributed by atoms with Gasteiger partial charge in [-0.2, -0.15) is 0 Å². The van der Waals surface area contributed by atoms with Crippen molar-refractivity contribution in [3.05, 3.63) is 34.9 Å². The quantitative estimate of drug-likeness (QED) is 0.819. The minimum Gasteiger partial charge on any atom is -0.477 e. The van der Waals surface area contributed by atoms with Gasteiger partial charge in [0.25, 0.3) is 0 Å². The molecule has 0 atom stereocenters. The van der Waals surface area contributed by atoms with Gasteiger partial charge in [-0.05, 0) is 55.9 Å². The monoisotopic (exact) mass is 255 g/mol. The molecular formula is C17H21NO. The first-order valence-corrected chi connectivity index (χ1v) is 7.34. The van der Waals surface area contributed by atoms with E-state index in [9.17, 15) is 0 Å². The first-order valence-electron chi connectivity index (χ1n) is 7.34. The predicted octanol–water partition coefficient (Wildman–Crippen LogP) is 4.21. The summed E-state index contributed by atoms with van der Waals surface area (Å²) in [4.78, 5) is 4.68. The van der Waals surface area contributed by atoms with Crippen LogP contribution in [0.5, 0.6) is 5.88 Å². The van der Waals surface area contributed by atoms with Gasteiger partial charge in [0.15, 0.2) is 0 Å². The second-order valence-corrected chi connectivity index (χ2v) is 5.43. The van der Waals surface area contributed by atoms with Crippen LogP contribution in [0.4, 0.5) is 0 Å². The van der Waals surface area contributed by atoms with Crippen LogP contribution < -0.4 is 4.74 Å². The average molecular weight is 255 g/mol. The molecule has 0 bridgehead atoms. The molecule has 0 radical (unpaired) electrons. The molecule has 0 unspecified atom stereocenters. The first kappa shape index (κ1) is 12.5. The molecular weight excluding hydrogens is 234 g/mol. The largest absolute Gasteiger partial charge is 0.477 e. The van der Waals surface area contributed by atoms with Gasteiger partial charge in [-0.1, -0.05) is 19.4 Å². The van der Waals surface area contributed by atoms with E-state index in [4.69, 9.17) is 4.74 Å². The highest BCUT2D eigenvalue weighted by molar-refractivity contribution is 5.84. The van der Waals surface area contributed by atoms with Crippen LogP contribution >= 0.6 is 0 Å². The molecule has 1 aromatic heterocycles. The van der Waals surface area contributed by atoms with Gasteiger partial charge in [0.05, 0.1) is 12.1 Å². The van der Waals surface area contributed by atoms with Crippen molar-refractivity contribution in [3.8, 4) is 5.88 Å². The van der Waals surface area contributed by atoms with E-state index in [1.807, 2.05) is 0 Å². The lowest BCUT2D eigenvalue weighted by Gasteiger charge is -2.19. The van der Waals surface area contributed by atoms with Crippen molar-refractivity contribution in [1.82, 2.24) is 4.98 Å². The Bertz CT molecular complexity index is 604. The standard InChI is InChI=1S/C17H21NO/c1-3-4-6-13-8-9-16-15(11-13)12(2)14-7-5-10-19-17(14)18-16/h8-9,11H,3-7,10H2,1-2H3. The van der Waals surface area contributed by atoms with E-state index < -0.39 is 0 Å². The molecule has 2 heteroatoms. The second kappa shape index (κ2) is 5.20. The van der Waals surface area contributed by atoms with E-state index in [-0.39, 0.29) is 0 Å². The maximum atomic E-state index is 5.70. The Morgan fingerprint density at radius 1 is 1.32 bits per heavy atom. The second-order valence-electron chi connectivity index (χ2n) is 5.43. The van der Waals surface area contributed by atoms with Crippen molar-refractivity contribution in [3.63, 3.8) is 0 Å². The fourth-order valence-corrected chi connectivity index (χ4v) is 2.85. The Morgan fingerprint density at radius 3 is 3.05 bits per heavy atom. The zero-order valence-corrected chi connectivity index (χ0v) is 11.8. The minimum atomic E-state index is 0.805. The van der Waals surface area contributed by atoms with E-state index >= 15 is 0 Å². The maximum absolute atomic E-state index is 5.70. The van der Waals surface area contributed by atoms with E-state index in [1.165, 1.54) is 41.3 Å². The number of ether oxygens (including phenoxy) is 1. The van der Waals surface area contributed by atoms with Gasteiger partial charge in [-0.15, -0.1) is 0 Å². The molecule has 2 aromatic rings. The molecule has 0 aliphatic carbocycles. The lowest BCUT2D eigenvalue weighted by molar-refractivity contribution is 0.277. The lowest BCUT2D eigenvalue weighted by Crippen LogP contribution is -2.11. The first-order chi connectivity index (χ1) is 9.29. The van der Waals surface area contributed by atoms with Gasteiger partial charge in [0.1, 0.15) is 0 Å². The summed E-state index contributed by atoms with van der Waals surface area (Å²) in [6, 6.07) is 6.67. The Morgan fingerprint density at radius 2 is 2.21 bits per heavy atom. The van der Waals surface area contributed by atoms with Crippen LogP contribution in [0.1, 0.15) is 42.9 Å². The van der Waals surface area contributed by atoms with Gasteiger partial charge in [0.2, 0.25) is 5.88 Å². The van der Waals surface area contributed by atoms with Crippen molar-refractivity contribution < 1.29 is 4.74 Å². The zero-order chi connectivity index (χ0) is 13.2. The van der Waals surface area contributed by atoms with Gasteiger partial charge in [-0.3, -0.25) is 0 Å². The van der Waals surface area contributed by atoms with Crippen LogP contribution in [-0.4, -0.2) is 11.6 Å². The van der Waals surface area contributed by atoms with Crippen molar-refractivity contribution in [2.45, 2.75) is 46.0 Å². The third-order valence-electron chi connectivity index (χ3n) is 4.03. The molecule has 3 rings (SSSR count). The van der Waals surface area contributed by atoms with Crippen LogP contribution in [-0.2, 0) is 12.8 Å². The van der Waals surface area contributed by atoms with Crippen LogP contribution in [0.2, 0.25) is 0 Å². The third-order valence-corrected chi connectivity index (χ3v) is 4.03. The molecule has 100 valence electrons. The van der Waals surface area contributed by atoms with E-state index in [0.29, 0.717) is 0 Å². The molecule has 0 amide bonds. The molecule has 1 aliphatic heterocycles. The number of hydrogen-bond acceptors (Lipinski definition) is 2. The molecule has 0 saturated heterocycles. The fraction of sp³-hybridized carbons (Fsp3) is 0.471. The van der Waals surface area contributed by atoms with E-state index in [1.54, 1.807) is 0 Å². The molecule has 0 fully saturated rings. The van der Waals surface area contributed by atoms with Crippen molar-refractivity contribution in [2.24, 2.45) is 0 Å². The molecule has 1 aromatic carbocycles. The molecule has 1 aliphatic rings. The molecule has 0 N–H and O–H groups in total. The number of aromatic nitrogens is 1. The third kappa shape index (κ3) is 2.32. The van der Waals surface area contributed by atoms with Gasteiger partial charge in [0, 0.05) is 10.9 Å². The van der Waals surface area contributed by atoms with Crippen LogP contribution in [0.15, 0.2) is 18.2 Å². The Balaban J connectivity index is 2.09. The van der Waals surface area contributed by atoms with Crippen LogP contribution in [0.3, 0.4) is 0 Å². The van der Waals surface area contributed by atoms with Crippen LogP contribution in [0.25, 0.3) is 10.9 Å². The Kier molecular flexibility index (Phi) is 3.41. The van der Waals surface area contributed by atoms with Crippen molar-refractivity contribution >= 4 is 10.9 Å². The van der Waals surface area contributed by atoms with Gasteiger partial charge < -0.3 is 4.74 Å². The number of aryl methyl sites for hydroxylation is 2. The highest BCUT2D eigenvalue weighted by atomic mass is 16.5. The Hall–Kier alpha value is -1.57. The number of pyridine rings is 1. The van der Waals surface area contributed by atoms with Gasteiger partial charge in [-0.25, -0.2) is 4.98 Å². The SMILES string of the molecule is CCCCc1ccc2nc3c(c(C)c2c1)CCCO3. The number of benzene rings is 1. The number of unbranched alkanes of at least 4 members (excludes halogenated alkanes) is 1. The Labute approximate surface area is 114 Å². The number of hydrogen-bond donors (Lipinski definition) is 0. The van der Waals surface area contributed by atoms with E-state index in [0.717, 1.165) is 30.8 Å². The van der Waals surface area contributed by atoms with Crippen LogP contribution in [0, 0.1) is 6.92 Å². The summed E-state index contributed by atoms with van der Waals surface area (Å²) in [6.07, 6.45) is 5.87. The number of rotatable bonds is 3. The molecule has 2 nitrogen and oxygen atoms in total.